The molecule has 0 N–H and O–H groups in total. The van der Waals surface area contributed by atoms with Crippen LogP contribution in [-0.2, 0) is 0 Å². The van der Waals surface area contributed by atoms with Crippen LogP contribution in [0.3, 0.4) is 0 Å². The van der Waals surface area contributed by atoms with Crippen molar-refractivity contribution in [3.8, 4) is 0 Å². The van der Waals surface area contributed by atoms with Crippen LogP contribution in [0.2, 0.25) is 0 Å². The summed E-state index contributed by atoms with van der Waals surface area (Å²) < 4.78 is 0. The van der Waals surface area contributed by atoms with Crippen LogP contribution in [0, 0.1) is 0 Å². The third-order valence-corrected chi connectivity index (χ3v) is 3.44. The van der Waals surface area contributed by atoms with E-state index in [-0.39, 0.29) is 165 Å². The Morgan fingerprint density at radius 2 is 0.759 bits per heavy atom. The second-order valence-corrected chi connectivity index (χ2v) is 5.00. The molecule has 0 unspecified atom stereocenters. The number of carboxylic acid groups (broad SMARTS) is 4. The van der Waals surface area contributed by atoms with Gasteiger partial charge in [-0.2, -0.15) is 0 Å². The zero-order valence-electron chi connectivity index (χ0n) is 15.6. The van der Waals surface area contributed by atoms with Crippen molar-refractivity contribution in [2.45, 2.75) is 0 Å². The standard InChI is InChI=1S/C17H10O9.3K/c18-13(7-1-3-9(14(19)20)11(5-7)16(23)24)8-2-4-10(15(21)22)12(6-8)17(25)26;;;/h1-6H,(H,19,20)(H,21,22)(H,23,24)(H,25,26);;;/q;3*+1/p-4. The summed E-state index contributed by atoms with van der Waals surface area (Å²) in [5, 5.41) is 43.8. The van der Waals surface area contributed by atoms with Crippen molar-refractivity contribution in [3.05, 3.63) is 69.8 Å². The molecule has 2 rings (SSSR count). The number of ketones is 1. The Morgan fingerprint density at radius 3 is 1.00 bits per heavy atom. The normalized spacial score (nSPS) is 9.10. The largest absolute Gasteiger partial charge is 1.00 e. The van der Waals surface area contributed by atoms with Gasteiger partial charge in [-0.15, -0.1) is 0 Å². The Balaban J connectivity index is 0. The molecule has 0 saturated carbocycles. The molecule has 0 amide bonds. The maximum Gasteiger partial charge on any atom is 1.00 e. The Bertz CT molecular complexity index is 909. The fourth-order valence-electron chi connectivity index (χ4n) is 2.23. The molecule has 0 aliphatic carbocycles. The number of hydrogen-bond donors (Lipinski definition) is 0. The van der Waals surface area contributed by atoms with Crippen LogP contribution in [0.1, 0.15) is 57.4 Å². The summed E-state index contributed by atoms with van der Waals surface area (Å²) in [6.45, 7) is 0. The van der Waals surface area contributed by atoms with Gasteiger partial charge in [0.05, 0.1) is 23.9 Å². The predicted octanol–water partition coefficient (Wildman–Crippen LogP) is -12.6. The van der Waals surface area contributed by atoms with Gasteiger partial charge in [-0.25, -0.2) is 0 Å². The molecule has 0 aromatic heterocycles. The first kappa shape index (κ1) is 32.1. The van der Waals surface area contributed by atoms with E-state index < -0.39 is 51.9 Å². The van der Waals surface area contributed by atoms with E-state index in [0.29, 0.717) is 0 Å². The molecule has 0 radical (unpaired) electrons. The summed E-state index contributed by atoms with van der Waals surface area (Å²) in [6.07, 6.45) is 0. The smallest absolute Gasteiger partial charge is 0.545 e. The van der Waals surface area contributed by atoms with E-state index in [2.05, 4.69) is 0 Å². The Labute approximate surface area is 291 Å². The van der Waals surface area contributed by atoms with Crippen LogP contribution in [-0.4, -0.2) is 29.7 Å². The summed E-state index contributed by atoms with van der Waals surface area (Å²) in [6, 6.07) is 5.09. The monoisotopic (exact) mass is 471 g/mol. The maximum absolute atomic E-state index is 12.4. The molecule has 9 nitrogen and oxygen atoms in total. The van der Waals surface area contributed by atoms with Crippen LogP contribution in [0.15, 0.2) is 36.4 Å². The van der Waals surface area contributed by atoms with Gasteiger partial charge in [0.2, 0.25) is 0 Å². The zero-order chi connectivity index (χ0) is 19.6. The number of benzene rings is 2. The number of hydrogen-bond acceptors (Lipinski definition) is 9. The second-order valence-electron chi connectivity index (χ2n) is 5.00. The van der Waals surface area contributed by atoms with Crippen LogP contribution in [0.5, 0.6) is 0 Å². The van der Waals surface area contributed by atoms with Crippen LogP contribution < -0.4 is 175 Å². The maximum atomic E-state index is 12.4. The molecule has 0 fully saturated rings. The molecule has 0 aliphatic heterocycles. The Morgan fingerprint density at radius 1 is 0.483 bits per heavy atom. The molecular weight excluding hydrogens is 465 g/mol. The van der Waals surface area contributed by atoms with Gasteiger partial charge in [-0.3, -0.25) is 4.79 Å². The zero-order valence-corrected chi connectivity index (χ0v) is 25.0. The molecule has 0 spiro atoms. The van der Waals surface area contributed by atoms with E-state index in [1.807, 2.05) is 0 Å². The van der Waals surface area contributed by atoms with Gasteiger partial charge in [0, 0.05) is 33.4 Å². The SMILES string of the molecule is O=C(c1ccc(C(=O)[O-])c(C(=O)[O-])c1)c1ccc(C(=O)[O-])c(C(=O)[O-])c1.[K+].[K+].[K+]. The quantitative estimate of drug-likeness (QED) is 0.292. The number of carbonyl (C=O) groups excluding carboxylic acids is 5. The molecular formula is C17H6K3O9-. The van der Waals surface area contributed by atoms with Crippen molar-refractivity contribution in [1.82, 2.24) is 0 Å². The van der Waals surface area contributed by atoms with Crippen molar-refractivity contribution in [2.24, 2.45) is 0 Å². The van der Waals surface area contributed by atoms with Crippen molar-refractivity contribution in [3.63, 3.8) is 0 Å². The molecule has 2 aromatic rings. The second kappa shape index (κ2) is 14.1. The molecule has 0 aliphatic rings. The van der Waals surface area contributed by atoms with E-state index in [1.165, 1.54) is 0 Å². The number of aromatic carboxylic acids is 4. The number of rotatable bonds is 6. The molecule has 29 heavy (non-hydrogen) atoms. The Kier molecular flexibility index (Phi) is 15.6. The summed E-state index contributed by atoms with van der Waals surface area (Å²) in [7, 11) is 0. The number of carboxylic acids is 4. The van der Waals surface area contributed by atoms with E-state index in [1.54, 1.807) is 0 Å². The van der Waals surface area contributed by atoms with Crippen LogP contribution in [0.4, 0.5) is 0 Å². The topological polar surface area (TPSA) is 178 Å². The van der Waals surface area contributed by atoms with Crippen molar-refractivity contribution in [2.75, 3.05) is 0 Å². The summed E-state index contributed by atoms with van der Waals surface area (Å²) in [4.78, 5) is 56.2. The van der Waals surface area contributed by atoms with Gasteiger partial charge in [-0.1, -0.05) is 24.3 Å². The van der Waals surface area contributed by atoms with Crippen LogP contribution >= 0.6 is 0 Å². The van der Waals surface area contributed by atoms with E-state index >= 15 is 0 Å². The van der Waals surface area contributed by atoms with Crippen LogP contribution in [0.25, 0.3) is 0 Å². The van der Waals surface area contributed by atoms with Gasteiger partial charge in [0.25, 0.3) is 0 Å². The first-order chi connectivity index (χ1) is 12.1. The molecule has 0 bridgehead atoms. The molecule has 2 aromatic carbocycles. The van der Waals surface area contributed by atoms with Crippen molar-refractivity contribution in [1.29, 1.82) is 0 Å². The van der Waals surface area contributed by atoms with E-state index in [4.69, 9.17) is 0 Å². The number of carbonyl (C=O) groups is 5. The minimum absolute atomic E-state index is 0. The Hall–Kier alpha value is 0.899. The average molecular weight is 472 g/mol. The third kappa shape index (κ3) is 8.07. The van der Waals surface area contributed by atoms with E-state index in [9.17, 15) is 44.4 Å². The van der Waals surface area contributed by atoms with Gasteiger partial charge < -0.3 is 39.6 Å². The molecule has 0 saturated heterocycles. The van der Waals surface area contributed by atoms with Gasteiger partial charge in [-0.05, 0) is 12.1 Å². The van der Waals surface area contributed by atoms with Crippen molar-refractivity contribution < 1.29 is 199 Å². The first-order valence-corrected chi connectivity index (χ1v) is 6.81. The summed E-state index contributed by atoms with van der Waals surface area (Å²) in [5.41, 5.74) is -3.60. The minimum atomic E-state index is -1.86. The molecule has 0 heterocycles. The fraction of sp³-hybridized carbons (Fsp3) is 0. The van der Waals surface area contributed by atoms with Gasteiger partial charge in [0.15, 0.2) is 5.78 Å². The molecule has 12 heteroatoms. The third-order valence-electron chi connectivity index (χ3n) is 3.44. The fourth-order valence-corrected chi connectivity index (χ4v) is 2.23. The van der Waals surface area contributed by atoms with Crippen molar-refractivity contribution >= 4 is 29.7 Å². The molecule has 0 atom stereocenters. The summed E-state index contributed by atoms with van der Waals surface area (Å²) in [5.74, 6) is -8.19. The summed E-state index contributed by atoms with van der Waals surface area (Å²) >= 11 is 0. The average Bonchev–Trinajstić information content (AvgIpc) is 2.59. The predicted molar refractivity (Wildman–Crippen MR) is 73.6 cm³/mol. The first-order valence-electron chi connectivity index (χ1n) is 6.81. The van der Waals surface area contributed by atoms with E-state index in [0.717, 1.165) is 36.4 Å². The van der Waals surface area contributed by atoms with Gasteiger partial charge >= 0.3 is 154 Å². The minimum Gasteiger partial charge on any atom is -0.545 e. The van der Waals surface area contributed by atoms with Gasteiger partial charge in [0.1, 0.15) is 0 Å². The molecule has 132 valence electrons.